The van der Waals surface area contributed by atoms with E-state index in [4.69, 9.17) is 0 Å². The molecular formula is C12H8F3N3O. The van der Waals surface area contributed by atoms with Crippen LogP contribution in [-0.2, 0) is 6.18 Å². The number of carbonyl (C=O) groups excluding carboxylic acids is 1. The van der Waals surface area contributed by atoms with Gasteiger partial charge in [0.25, 0.3) is 5.91 Å². The van der Waals surface area contributed by atoms with Gasteiger partial charge in [-0.1, -0.05) is 0 Å². The Kier molecular flexibility index (Phi) is 3.46. The SMILES string of the molecule is O=C(Nc1cccnc1)c1cnccc1C(F)(F)F. The lowest BCUT2D eigenvalue weighted by Crippen LogP contribution is -2.19. The Labute approximate surface area is 106 Å². The summed E-state index contributed by atoms with van der Waals surface area (Å²) in [5.74, 6) is -0.881. The Bertz CT molecular complexity index is 584. The molecule has 0 aromatic carbocycles. The first-order valence-electron chi connectivity index (χ1n) is 5.21. The minimum atomic E-state index is -4.61. The molecule has 2 rings (SSSR count). The summed E-state index contributed by atoms with van der Waals surface area (Å²) in [7, 11) is 0. The summed E-state index contributed by atoms with van der Waals surface area (Å²) in [4.78, 5) is 19.1. The van der Waals surface area contributed by atoms with Crippen molar-refractivity contribution in [3.05, 3.63) is 54.1 Å². The smallest absolute Gasteiger partial charge is 0.321 e. The van der Waals surface area contributed by atoms with Crippen molar-refractivity contribution in [1.29, 1.82) is 0 Å². The molecule has 0 saturated carbocycles. The summed E-state index contributed by atoms with van der Waals surface area (Å²) in [6.45, 7) is 0. The fraction of sp³-hybridized carbons (Fsp3) is 0.0833. The van der Waals surface area contributed by atoms with E-state index in [1.54, 1.807) is 6.07 Å². The van der Waals surface area contributed by atoms with E-state index >= 15 is 0 Å². The molecule has 0 unspecified atom stereocenters. The summed E-state index contributed by atoms with van der Waals surface area (Å²) >= 11 is 0. The van der Waals surface area contributed by atoms with Gasteiger partial charge in [-0.3, -0.25) is 14.8 Å². The molecule has 0 bridgehead atoms. The van der Waals surface area contributed by atoms with Gasteiger partial charge in [-0.25, -0.2) is 0 Å². The molecule has 2 heterocycles. The predicted molar refractivity (Wildman–Crippen MR) is 61.4 cm³/mol. The van der Waals surface area contributed by atoms with Crippen LogP contribution in [-0.4, -0.2) is 15.9 Å². The molecule has 2 aromatic rings. The molecule has 7 heteroatoms. The van der Waals surface area contributed by atoms with Crippen LogP contribution in [0.4, 0.5) is 18.9 Å². The molecule has 0 aliphatic carbocycles. The molecule has 0 saturated heterocycles. The van der Waals surface area contributed by atoms with Crippen LogP contribution in [0, 0.1) is 0 Å². The average molecular weight is 267 g/mol. The first-order valence-corrected chi connectivity index (χ1v) is 5.21. The zero-order valence-corrected chi connectivity index (χ0v) is 9.48. The highest BCUT2D eigenvalue weighted by atomic mass is 19.4. The van der Waals surface area contributed by atoms with Gasteiger partial charge in [0.05, 0.1) is 23.0 Å². The Morgan fingerprint density at radius 1 is 1.11 bits per heavy atom. The fourth-order valence-electron chi connectivity index (χ4n) is 1.46. The molecular weight excluding hydrogens is 259 g/mol. The first kappa shape index (κ1) is 13.0. The van der Waals surface area contributed by atoms with Gasteiger partial charge in [0.1, 0.15) is 0 Å². The molecule has 19 heavy (non-hydrogen) atoms. The molecule has 0 fully saturated rings. The number of alkyl halides is 3. The van der Waals surface area contributed by atoms with Crippen molar-refractivity contribution >= 4 is 11.6 Å². The second kappa shape index (κ2) is 5.05. The van der Waals surface area contributed by atoms with Crippen LogP contribution in [0.2, 0.25) is 0 Å². The van der Waals surface area contributed by atoms with Gasteiger partial charge in [-0.05, 0) is 18.2 Å². The summed E-state index contributed by atoms with van der Waals surface area (Å²) in [5.41, 5.74) is -1.24. The molecule has 0 spiro atoms. The third-order valence-electron chi connectivity index (χ3n) is 2.29. The van der Waals surface area contributed by atoms with E-state index in [1.807, 2.05) is 0 Å². The van der Waals surface area contributed by atoms with Gasteiger partial charge in [-0.2, -0.15) is 13.2 Å². The van der Waals surface area contributed by atoms with Crippen LogP contribution in [0.15, 0.2) is 43.0 Å². The molecule has 1 N–H and O–H groups in total. The topological polar surface area (TPSA) is 54.9 Å². The van der Waals surface area contributed by atoms with E-state index in [0.29, 0.717) is 5.69 Å². The Morgan fingerprint density at radius 3 is 2.47 bits per heavy atom. The van der Waals surface area contributed by atoms with E-state index in [-0.39, 0.29) is 0 Å². The van der Waals surface area contributed by atoms with E-state index in [9.17, 15) is 18.0 Å². The van der Waals surface area contributed by atoms with Crippen molar-refractivity contribution in [3.8, 4) is 0 Å². The van der Waals surface area contributed by atoms with Crippen LogP contribution in [0.25, 0.3) is 0 Å². The third-order valence-corrected chi connectivity index (χ3v) is 2.29. The number of pyridine rings is 2. The zero-order valence-electron chi connectivity index (χ0n) is 9.48. The molecule has 0 radical (unpaired) electrons. The van der Waals surface area contributed by atoms with Gasteiger partial charge < -0.3 is 5.32 Å². The van der Waals surface area contributed by atoms with Gasteiger partial charge in [0, 0.05) is 18.6 Å². The molecule has 0 aliphatic rings. The number of nitrogens with one attached hydrogen (secondary N) is 1. The molecule has 1 amide bonds. The maximum absolute atomic E-state index is 12.7. The van der Waals surface area contributed by atoms with Crippen molar-refractivity contribution in [1.82, 2.24) is 9.97 Å². The maximum Gasteiger partial charge on any atom is 0.417 e. The van der Waals surface area contributed by atoms with Crippen molar-refractivity contribution in [2.24, 2.45) is 0 Å². The standard InChI is InChI=1S/C12H8F3N3O/c13-12(14,15)10-3-5-17-7-9(10)11(19)18-8-2-1-4-16-6-8/h1-7H,(H,18,19). The molecule has 0 aliphatic heterocycles. The first-order chi connectivity index (χ1) is 8.98. The Morgan fingerprint density at radius 2 is 1.84 bits per heavy atom. The lowest BCUT2D eigenvalue weighted by Gasteiger charge is -2.11. The third kappa shape index (κ3) is 3.06. The minimum absolute atomic E-state index is 0.310. The number of nitrogens with zero attached hydrogens (tertiary/aromatic N) is 2. The Hall–Kier alpha value is -2.44. The zero-order chi connectivity index (χ0) is 13.9. The number of hydrogen-bond donors (Lipinski definition) is 1. The summed E-state index contributed by atoms with van der Waals surface area (Å²) in [6.07, 6.45) is 0.0884. The van der Waals surface area contributed by atoms with Crippen molar-refractivity contribution < 1.29 is 18.0 Å². The molecule has 4 nitrogen and oxygen atoms in total. The maximum atomic E-state index is 12.7. The highest BCUT2D eigenvalue weighted by Gasteiger charge is 2.35. The summed E-state index contributed by atoms with van der Waals surface area (Å²) in [5, 5.41) is 2.33. The molecule has 98 valence electrons. The Balaban J connectivity index is 2.30. The number of halogens is 3. The predicted octanol–water partition coefficient (Wildman–Crippen LogP) is 2.75. The van der Waals surface area contributed by atoms with E-state index in [1.165, 1.54) is 18.5 Å². The number of anilines is 1. The lowest BCUT2D eigenvalue weighted by molar-refractivity contribution is -0.137. The number of rotatable bonds is 2. The summed E-state index contributed by atoms with van der Waals surface area (Å²) < 4.78 is 38.2. The molecule has 0 atom stereocenters. The fourth-order valence-corrected chi connectivity index (χ4v) is 1.46. The van der Waals surface area contributed by atoms with Crippen LogP contribution in [0.3, 0.4) is 0 Å². The quantitative estimate of drug-likeness (QED) is 0.910. The van der Waals surface area contributed by atoms with Crippen LogP contribution in [0.5, 0.6) is 0 Å². The number of carbonyl (C=O) groups is 1. The van der Waals surface area contributed by atoms with E-state index in [0.717, 1.165) is 18.5 Å². The van der Waals surface area contributed by atoms with Gasteiger partial charge in [-0.15, -0.1) is 0 Å². The number of amides is 1. The number of hydrogen-bond acceptors (Lipinski definition) is 3. The van der Waals surface area contributed by atoms with Crippen molar-refractivity contribution in [3.63, 3.8) is 0 Å². The molecule has 2 aromatic heterocycles. The van der Waals surface area contributed by atoms with Crippen LogP contribution < -0.4 is 5.32 Å². The summed E-state index contributed by atoms with van der Waals surface area (Å²) in [6, 6.07) is 3.84. The normalized spacial score (nSPS) is 11.1. The highest BCUT2D eigenvalue weighted by molar-refractivity contribution is 6.05. The second-order valence-corrected chi connectivity index (χ2v) is 3.61. The number of aromatic nitrogens is 2. The minimum Gasteiger partial charge on any atom is -0.321 e. The largest absolute Gasteiger partial charge is 0.417 e. The van der Waals surface area contributed by atoms with Crippen LogP contribution >= 0.6 is 0 Å². The lowest BCUT2D eigenvalue weighted by atomic mass is 10.1. The second-order valence-electron chi connectivity index (χ2n) is 3.61. The highest BCUT2D eigenvalue weighted by Crippen LogP contribution is 2.31. The average Bonchev–Trinajstić information content (AvgIpc) is 2.39. The van der Waals surface area contributed by atoms with E-state index in [2.05, 4.69) is 15.3 Å². The van der Waals surface area contributed by atoms with E-state index < -0.39 is 23.2 Å². The van der Waals surface area contributed by atoms with Crippen molar-refractivity contribution in [2.75, 3.05) is 5.32 Å². The monoisotopic (exact) mass is 267 g/mol. The van der Waals surface area contributed by atoms with Gasteiger partial charge in [0.2, 0.25) is 0 Å². The van der Waals surface area contributed by atoms with Crippen LogP contribution in [0.1, 0.15) is 15.9 Å². The van der Waals surface area contributed by atoms with Crippen molar-refractivity contribution in [2.45, 2.75) is 6.18 Å². The van der Waals surface area contributed by atoms with Gasteiger partial charge in [0.15, 0.2) is 0 Å². The van der Waals surface area contributed by atoms with Gasteiger partial charge >= 0.3 is 6.18 Å².